The molecule has 0 saturated carbocycles. The van der Waals surface area contributed by atoms with E-state index in [-0.39, 0.29) is 29.4 Å². The Hall–Kier alpha value is -3.93. The number of carbonyl (C=O) groups is 1. The molecule has 1 amide bonds. The molecule has 0 bridgehead atoms. The van der Waals surface area contributed by atoms with Gasteiger partial charge in [0.2, 0.25) is 11.8 Å². The van der Waals surface area contributed by atoms with Crippen LogP contribution in [0.1, 0.15) is 54.9 Å². The summed E-state index contributed by atoms with van der Waals surface area (Å²) in [6.45, 7) is 7.17. The Morgan fingerprint density at radius 2 is 1.98 bits per heavy atom. The van der Waals surface area contributed by atoms with Crippen molar-refractivity contribution in [3.63, 3.8) is 0 Å². The molecule has 3 atom stereocenters. The maximum atomic E-state index is 14.2. The minimum atomic E-state index is -4.64. The fourth-order valence-corrected chi connectivity index (χ4v) is 7.19. The number of fused-ring (bicyclic) bond motifs is 2. The third-order valence-corrected chi connectivity index (χ3v) is 9.36. The van der Waals surface area contributed by atoms with Gasteiger partial charge in [-0.1, -0.05) is 19.4 Å². The number of pyridine rings is 3. The predicted octanol–water partition coefficient (Wildman–Crippen LogP) is 4.96. The van der Waals surface area contributed by atoms with E-state index >= 15 is 0 Å². The highest BCUT2D eigenvalue weighted by molar-refractivity contribution is 5.96. The number of halogens is 3. The molecular formula is C32H37F3N6O3. The number of alkyl halides is 3. The van der Waals surface area contributed by atoms with Gasteiger partial charge in [0.05, 0.1) is 30.7 Å². The molecule has 6 rings (SSSR count). The summed E-state index contributed by atoms with van der Waals surface area (Å²) in [5.74, 6) is 0.211. The van der Waals surface area contributed by atoms with Gasteiger partial charge in [-0.2, -0.15) is 13.2 Å². The SMILES string of the molecule is CCOc1ncccc1-c1ccc2c(n1)C(=O)N([C@H]1CCNC1)CC21CCN(c2ccc(OC)nc2C(F)(F)F)CC1CC. The maximum absolute atomic E-state index is 14.2. The van der Waals surface area contributed by atoms with Crippen molar-refractivity contribution in [2.45, 2.75) is 50.7 Å². The van der Waals surface area contributed by atoms with E-state index in [0.717, 1.165) is 18.5 Å². The molecule has 1 spiro atoms. The van der Waals surface area contributed by atoms with Crippen LogP contribution in [0.4, 0.5) is 18.9 Å². The number of piperidine rings is 1. The Labute approximate surface area is 254 Å². The summed E-state index contributed by atoms with van der Waals surface area (Å²) in [7, 11) is 1.30. The minimum Gasteiger partial charge on any atom is -0.481 e. The number of aromatic nitrogens is 3. The summed E-state index contributed by atoms with van der Waals surface area (Å²) < 4.78 is 53.2. The van der Waals surface area contributed by atoms with E-state index in [9.17, 15) is 18.0 Å². The Morgan fingerprint density at radius 1 is 1.14 bits per heavy atom. The maximum Gasteiger partial charge on any atom is 0.435 e. The molecule has 1 N–H and O–H groups in total. The Balaban J connectivity index is 1.43. The first-order valence-corrected chi connectivity index (χ1v) is 15.2. The first kappa shape index (κ1) is 30.1. The van der Waals surface area contributed by atoms with Gasteiger partial charge in [-0.05, 0) is 62.1 Å². The number of rotatable bonds is 7. The second-order valence-corrected chi connectivity index (χ2v) is 11.6. The van der Waals surface area contributed by atoms with Gasteiger partial charge >= 0.3 is 6.18 Å². The number of amides is 1. The number of nitrogens with one attached hydrogen (secondary N) is 1. The minimum absolute atomic E-state index is 0.0218. The molecule has 3 aromatic rings. The molecule has 0 radical (unpaired) electrons. The lowest BCUT2D eigenvalue weighted by atomic mass is 9.62. The summed E-state index contributed by atoms with van der Waals surface area (Å²) in [6, 6.07) is 10.5. The highest BCUT2D eigenvalue weighted by atomic mass is 19.4. The van der Waals surface area contributed by atoms with Gasteiger partial charge in [0.15, 0.2) is 5.69 Å². The smallest absolute Gasteiger partial charge is 0.435 e. The van der Waals surface area contributed by atoms with E-state index in [1.54, 1.807) is 11.1 Å². The lowest BCUT2D eigenvalue weighted by Gasteiger charge is -2.54. The van der Waals surface area contributed by atoms with Crippen LogP contribution in [0, 0.1) is 5.92 Å². The molecule has 0 aromatic carbocycles. The van der Waals surface area contributed by atoms with Gasteiger partial charge in [0.25, 0.3) is 5.91 Å². The zero-order chi connectivity index (χ0) is 31.1. The van der Waals surface area contributed by atoms with Crippen LogP contribution in [-0.2, 0) is 11.6 Å². The van der Waals surface area contributed by atoms with E-state index in [4.69, 9.17) is 14.5 Å². The van der Waals surface area contributed by atoms with Crippen molar-refractivity contribution in [2.75, 3.05) is 51.3 Å². The summed E-state index contributed by atoms with van der Waals surface area (Å²) >= 11 is 0. The first-order valence-electron chi connectivity index (χ1n) is 15.2. The highest BCUT2D eigenvalue weighted by Gasteiger charge is 2.52. The molecule has 3 aliphatic rings. The van der Waals surface area contributed by atoms with Crippen molar-refractivity contribution >= 4 is 11.6 Å². The number of hydrogen-bond acceptors (Lipinski definition) is 8. The van der Waals surface area contributed by atoms with Gasteiger partial charge in [0.1, 0.15) is 5.69 Å². The van der Waals surface area contributed by atoms with Crippen LogP contribution in [0.15, 0.2) is 42.6 Å². The molecule has 2 saturated heterocycles. The summed E-state index contributed by atoms with van der Waals surface area (Å²) in [5.41, 5.74) is 1.19. The molecule has 2 fully saturated rings. The van der Waals surface area contributed by atoms with Crippen LogP contribution in [0.5, 0.6) is 11.8 Å². The largest absolute Gasteiger partial charge is 0.481 e. The van der Waals surface area contributed by atoms with Crippen molar-refractivity contribution in [3.8, 4) is 23.0 Å². The third-order valence-electron chi connectivity index (χ3n) is 9.36. The quantitative estimate of drug-likeness (QED) is 0.402. The lowest BCUT2D eigenvalue weighted by Crippen LogP contribution is -2.61. The van der Waals surface area contributed by atoms with Crippen molar-refractivity contribution in [2.24, 2.45) is 5.92 Å². The summed E-state index contributed by atoms with van der Waals surface area (Å²) in [6.07, 6.45) is -0.869. The number of nitrogens with zero attached hydrogens (tertiary/aromatic N) is 5. The topological polar surface area (TPSA) is 92.7 Å². The molecule has 3 aromatic heterocycles. The number of ether oxygens (including phenoxy) is 2. The Kier molecular flexibility index (Phi) is 8.12. The first-order chi connectivity index (χ1) is 21.2. The summed E-state index contributed by atoms with van der Waals surface area (Å²) in [4.78, 5) is 31.0. The second-order valence-electron chi connectivity index (χ2n) is 11.6. The Morgan fingerprint density at radius 3 is 2.68 bits per heavy atom. The van der Waals surface area contributed by atoms with Gasteiger partial charge in [-0.15, -0.1) is 0 Å². The van der Waals surface area contributed by atoms with E-state index in [1.807, 2.05) is 36.1 Å². The average Bonchev–Trinajstić information content (AvgIpc) is 3.57. The fourth-order valence-electron chi connectivity index (χ4n) is 7.19. The zero-order valence-electron chi connectivity index (χ0n) is 25.2. The normalized spacial score (nSPS) is 23.6. The zero-order valence-corrected chi connectivity index (χ0v) is 25.2. The van der Waals surface area contributed by atoms with Gasteiger partial charge in [-0.25, -0.2) is 15.0 Å². The van der Waals surface area contributed by atoms with E-state index in [1.165, 1.54) is 19.2 Å². The van der Waals surface area contributed by atoms with E-state index in [2.05, 4.69) is 22.2 Å². The molecule has 9 nitrogen and oxygen atoms in total. The second kappa shape index (κ2) is 11.9. The van der Waals surface area contributed by atoms with Crippen LogP contribution >= 0.6 is 0 Å². The summed E-state index contributed by atoms with van der Waals surface area (Å²) in [5, 5.41) is 3.38. The monoisotopic (exact) mass is 610 g/mol. The molecule has 3 aliphatic heterocycles. The van der Waals surface area contributed by atoms with Crippen molar-refractivity contribution < 1.29 is 27.4 Å². The molecule has 234 valence electrons. The molecular weight excluding hydrogens is 573 g/mol. The van der Waals surface area contributed by atoms with Crippen LogP contribution in [0.3, 0.4) is 0 Å². The van der Waals surface area contributed by atoms with Crippen LogP contribution in [-0.4, -0.2) is 78.2 Å². The van der Waals surface area contributed by atoms with Crippen molar-refractivity contribution in [3.05, 3.63) is 59.5 Å². The molecule has 44 heavy (non-hydrogen) atoms. The number of hydrogen-bond donors (Lipinski definition) is 1. The lowest BCUT2D eigenvalue weighted by molar-refractivity contribution is -0.140. The third kappa shape index (κ3) is 5.22. The molecule has 12 heteroatoms. The highest BCUT2D eigenvalue weighted by Crippen LogP contribution is 2.49. The van der Waals surface area contributed by atoms with Gasteiger partial charge in [0, 0.05) is 49.9 Å². The predicted molar refractivity (Wildman–Crippen MR) is 159 cm³/mol. The average molecular weight is 611 g/mol. The molecule has 0 aliphatic carbocycles. The Bertz CT molecular complexity index is 1530. The van der Waals surface area contributed by atoms with Crippen LogP contribution in [0.25, 0.3) is 11.3 Å². The number of anilines is 1. The number of carbonyl (C=O) groups excluding carboxylic acids is 1. The van der Waals surface area contributed by atoms with Gasteiger partial charge in [-0.3, -0.25) is 4.79 Å². The molecule has 6 heterocycles. The number of methoxy groups -OCH3 is 1. The van der Waals surface area contributed by atoms with Crippen molar-refractivity contribution in [1.82, 2.24) is 25.2 Å². The molecule has 2 unspecified atom stereocenters. The van der Waals surface area contributed by atoms with E-state index < -0.39 is 17.3 Å². The standard InChI is InChI=1S/C32H37F3N6O3/c1-4-20-18-40(25-10-11-26(43-3)39-28(25)32(33,34)35)16-13-31(20)19-41(21-12-15-36-17-21)30(42)27-23(31)8-9-24(38-27)22-7-6-14-37-29(22)44-5-2/h6-11,14,20-21,36H,4-5,12-13,15-19H2,1-3H3/t20?,21-,31?/m0/s1. The van der Waals surface area contributed by atoms with Crippen LogP contribution in [0.2, 0.25) is 0 Å². The fraction of sp³-hybridized carbons (Fsp3) is 0.500. The van der Waals surface area contributed by atoms with Crippen LogP contribution < -0.4 is 19.7 Å². The van der Waals surface area contributed by atoms with Gasteiger partial charge < -0.3 is 24.6 Å². The van der Waals surface area contributed by atoms with E-state index in [0.29, 0.717) is 68.5 Å². The van der Waals surface area contributed by atoms with Crippen molar-refractivity contribution in [1.29, 1.82) is 0 Å².